The standard InChI is InChI=1S/C19H21NO7/c1-25-18(23)13-8-14(19(24)26-2)10-15(9-13)20-16(21)11-27-17(22)7-12-5-3-4-6-12/h3,5,8-10,12H,4,6-7,11H2,1-2H3,(H,20,21)/t12-/m1/s1. The van der Waals surface area contributed by atoms with Crippen LogP contribution in [0.25, 0.3) is 0 Å². The molecule has 0 heterocycles. The van der Waals surface area contributed by atoms with Crippen LogP contribution in [0.1, 0.15) is 40.0 Å². The molecule has 0 fully saturated rings. The molecule has 1 aromatic rings. The molecule has 1 aliphatic rings. The Bertz CT molecular complexity index is 735. The van der Waals surface area contributed by atoms with E-state index < -0.39 is 30.4 Å². The fourth-order valence-electron chi connectivity index (χ4n) is 2.65. The molecule has 0 aliphatic heterocycles. The fourth-order valence-corrected chi connectivity index (χ4v) is 2.65. The first-order valence-electron chi connectivity index (χ1n) is 8.36. The number of hydrogen-bond acceptors (Lipinski definition) is 7. The van der Waals surface area contributed by atoms with Crippen LogP contribution >= 0.6 is 0 Å². The number of benzene rings is 1. The van der Waals surface area contributed by atoms with Gasteiger partial charge in [0.1, 0.15) is 0 Å². The van der Waals surface area contributed by atoms with Gasteiger partial charge in [0.2, 0.25) is 0 Å². The second kappa shape index (κ2) is 9.51. The van der Waals surface area contributed by atoms with Crippen molar-refractivity contribution in [3.63, 3.8) is 0 Å². The number of rotatable bonds is 7. The number of methoxy groups -OCH3 is 2. The van der Waals surface area contributed by atoms with Gasteiger partial charge in [-0.05, 0) is 37.0 Å². The van der Waals surface area contributed by atoms with Crippen molar-refractivity contribution in [1.82, 2.24) is 0 Å². The number of carbonyl (C=O) groups is 4. The summed E-state index contributed by atoms with van der Waals surface area (Å²) >= 11 is 0. The zero-order chi connectivity index (χ0) is 19.8. The monoisotopic (exact) mass is 375 g/mol. The van der Waals surface area contributed by atoms with E-state index in [0.29, 0.717) is 0 Å². The summed E-state index contributed by atoms with van der Waals surface area (Å²) in [6.45, 7) is -0.467. The smallest absolute Gasteiger partial charge is 0.337 e. The van der Waals surface area contributed by atoms with Crippen molar-refractivity contribution < 1.29 is 33.4 Å². The summed E-state index contributed by atoms with van der Waals surface area (Å²) in [6, 6.07) is 3.99. The zero-order valence-electron chi connectivity index (χ0n) is 15.2. The Hall–Kier alpha value is -3.16. The molecular weight excluding hydrogens is 354 g/mol. The highest BCUT2D eigenvalue weighted by Crippen LogP contribution is 2.21. The van der Waals surface area contributed by atoms with E-state index in [4.69, 9.17) is 4.74 Å². The maximum atomic E-state index is 12.0. The molecule has 1 atom stereocenters. The van der Waals surface area contributed by atoms with Crippen LogP contribution in [0.5, 0.6) is 0 Å². The van der Waals surface area contributed by atoms with E-state index in [9.17, 15) is 19.2 Å². The Morgan fingerprint density at radius 3 is 2.19 bits per heavy atom. The van der Waals surface area contributed by atoms with Gasteiger partial charge < -0.3 is 19.5 Å². The number of carbonyl (C=O) groups excluding carboxylic acids is 4. The van der Waals surface area contributed by atoms with Gasteiger partial charge in [0.15, 0.2) is 6.61 Å². The van der Waals surface area contributed by atoms with Gasteiger partial charge in [-0.1, -0.05) is 12.2 Å². The van der Waals surface area contributed by atoms with Gasteiger partial charge in [-0.2, -0.15) is 0 Å². The first-order chi connectivity index (χ1) is 12.9. The van der Waals surface area contributed by atoms with Crippen molar-refractivity contribution in [3.8, 4) is 0 Å². The van der Waals surface area contributed by atoms with E-state index in [0.717, 1.165) is 12.8 Å². The molecule has 1 N–H and O–H groups in total. The highest BCUT2D eigenvalue weighted by atomic mass is 16.5. The van der Waals surface area contributed by atoms with E-state index in [1.54, 1.807) is 0 Å². The van der Waals surface area contributed by atoms with Crippen LogP contribution in [0.2, 0.25) is 0 Å². The van der Waals surface area contributed by atoms with Gasteiger partial charge in [-0.25, -0.2) is 9.59 Å². The second-order valence-electron chi connectivity index (χ2n) is 5.96. The molecule has 0 saturated heterocycles. The second-order valence-corrected chi connectivity index (χ2v) is 5.96. The number of esters is 3. The summed E-state index contributed by atoms with van der Waals surface area (Å²) in [5.74, 6) is -2.25. The average Bonchev–Trinajstić information content (AvgIpc) is 3.17. The van der Waals surface area contributed by atoms with Crippen LogP contribution < -0.4 is 5.32 Å². The van der Waals surface area contributed by atoms with Gasteiger partial charge in [0.05, 0.1) is 31.8 Å². The quantitative estimate of drug-likeness (QED) is 0.442. The van der Waals surface area contributed by atoms with E-state index in [2.05, 4.69) is 14.8 Å². The molecule has 0 bridgehead atoms. The summed E-state index contributed by atoms with van der Waals surface area (Å²) in [7, 11) is 2.40. The lowest BCUT2D eigenvalue weighted by Gasteiger charge is -2.11. The summed E-state index contributed by atoms with van der Waals surface area (Å²) in [5.41, 5.74) is 0.319. The first kappa shape index (κ1) is 20.2. The van der Waals surface area contributed by atoms with Gasteiger partial charge in [-0.15, -0.1) is 0 Å². The molecule has 0 aromatic heterocycles. The highest BCUT2D eigenvalue weighted by molar-refractivity contribution is 5.99. The SMILES string of the molecule is COC(=O)c1cc(NC(=O)COC(=O)C[C@@H]2C=CCC2)cc(C(=O)OC)c1. The molecule has 0 radical (unpaired) electrons. The third-order valence-corrected chi connectivity index (χ3v) is 3.96. The van der Waals surface area contributed by atoms with Crippen LogP contribution in [-0.4, -0.2) is 44.6 Å². The predicted molar refractivity (Wildman–Crippen MR) is 95.2 cm³/mol. The first-order valence-corrected chi connectivity index (χ1v) is 8.36. The molecule has 0 saturated carbocycles. The van der Waals surface area contributed by atoms with Crippen molar-refractivity contribution in [1.29, 1.82) is 0 Å². The molecule has 0 unspecified atom stereocenters. The minimum absolute atomic E-state index is 0.0701. The van der Waals surface area contributed by atoms with E-state index >= 15 is 0 Å². The topological polar surface area (TPSA) is 108 Å². The third-order valence-electron chi connectivity index (χ3n) is 3.96. The van der Waals surface area contributed by atoms with Crippen LogP contribution in [0.3, 0.4) is 0 Å². The molecule has 2 rings (SSSR count). The van der Waals surface area contributed by atoms with Crippen molar-refractivity contribution in [2.75, 3.05) is 26.1 Å². The van der Waals surface area contributed by atoms with Crippen molar-refractivity contribution in [2.24, 2.45) is 5.92 Å². The summed E-state index contributed by atoms with van der Waals surface area (Å²) < 4.78 is 14.2. The minimum Gasteiger partial charge on any atom is -0.465 e. The van der Waals surface area contributed by atoms with Gasteiger partial charge in [-0.3, -0.25) is 9.59 Å². The zero-order valence-corrected chi connectivity index (χ0v) is 15.2. The molecule has 1 aromatic carbocycles. The van der Waals surface area contributed by atoms with Gasteiger partial charge in [0.25, 0.3) is 5.91 Å². The highest BCUT2D eigenvalue weighted by Gasteiger charge is 2.17. The van der Waals surface area contributed by atoms with Crippen LogP contribution in [-0.2, 0) is 23.8 Å². The Balaban J connectivity index is 1.98. The summed E-state index contributed by atoms with van der Waals surface area (Å²) in [4.78, 5) is 47.2. The largest absolute Gasteiger partial charge is 0.465 e. The lowest BCUT2D eigenvalue weighted by molar-refractivity contribution is -0.147. The molecular formula is C19H21NO7. The van der Waals surface area contributed by atoms with Gasteiger partial charge in [0, 0.05) is 5.69 Å². The molecule has 0 spiro atoms. The average molecular weight is 375 g/mol. The van der Waals surface area contributed by atoms with Crippen LogP contribution in [0, 0.1) is 5.92 Å². The number of amides is 1. The number of ether oxygens (including phenoxy) is 3. The lowest BCUT2D eigenvalue weighted by Crippen LogP contribution is -2.22. The molecule has 8 heteroatoms. The number of hydrogen-bond donors (Lipinski definition) is 1. The Labute approximate surface area is 156 Å². The van der Waals surface area contributed by atoms with Crippen LogP contribution in [0.15, 0.2) is 30.4 Å². The maximum Gasteiger partial charge on any atom is 0.337 e. The molecule has 144 valence electrons. The number of anilines is 1. The van der Waals surface area contributed by atoms with Crippen molar-refractivity contribution in [3.05, 3.63) is 41.5 Å². The lowest BCUT2D eigenvalue weighted by atomic mass is 10.1. The van der Waals surface area contributed by atoms with Crippen molar-refractivity contribution in [2.45, 2.75) is 19.3 Å². The molecule has 27 heavy (non-hydrogen) atoms. The Morgan fingerprint density at radius 1 is 1.04 bits per heavy atom. The Morgan fingerprint density at radius 2 is 1.67 bits per heavy atom. The normalized spacial score (nSPS) is 15.1. The summed E-state index contributed by atoms with van der Waals surface area (Å²) in [5, 5.41) is 2.48. The summed E-state index contributed by atoms with van der Waals surface area (Å²) in [6.07, 6.45) is 6.05. The fraction of sp³-hybridized carbons (Fsp3) is 0.368. The van der Waals surface area contributed by atoms with Crippen molar-refractivity contribution >= 4 is 29.5 Å². The number of allylic oxidation sites excluding steroid dienone is 2. The van der Waals surface area contributed by atoms with E-state index in [1.165, 1.54) is 32.4 Å². The maximum absolute atomic E-state index is 12.0. The molecule has 8 nitrogen and oxygen atoms in total. The van der Waals surface area contributed by atoms with E-state index in [1.807, 2.05) is 12.2 Å². The third kappa shape index (κ3) is 5.95. The Kier molecular flexibility index (Phi) is 7.10. The minimum atomic E-state index is -0.674. The van der Waals surface area contributed by atoms with Gasteiger partial charge >= 0.3 is 17.9 Å². The molecule has 1 aliphatic carbocycles. The van der Waals surface area contributed by atoms with Crippen LogP contribution in [0.4, 0.5) is 5.69 Å². The number of nitrogens with one attached hydrogen (secondary N) is 1. The molecule has 1 amide bonds. The predicted octanol–water partition coefficient (Wildman–Crippen LogP) is 2.10. The van der Waals surface area contributed by atoms with E-state index in [-0.39, 0.29) is 29.2 Å².